The first-order chi connectivity index (χ1) is 11.6. The van der Waals surface area contributed by atoms with Gasteiger partial charge in [-0.2, -0.15) is 8.78 Å². The van der Waals surface area contributed by atoms with Gasteiger partial charge in [0.25, 0.3) is 5.91 Å². The van der Waals surface area contributed by atoms with E-state index in [2.05, 4.69) is 10.1 Å². The van der Waals surface area contributed by atoms with E-state index in [9.17, 15) is 13.6 Å². The third-order valence-corrected chi connectivity index (χ3v) is 6.52. The maximum absolute atomic E-state index is 12.4. The quantitative estimate of drug-likeness (QED) is 0.805. The molecule has 0 atom stereocenters. The van der Waals surface area contributed by atoms with Gasteiger partial charge in [0.2, 0.25) is 0 Å². The number of carbonyl (C=O) groups excluding carboxylic acids is 1. The number of anilines is 1. The lowest BCUT2D eigenvalue weighted by Crippen LogP contribution is -2.14. The zero-order valence-corrected chi connectivity index (χ0v) is 14.2. The van der Waals surface area contributed by atoms with Crippen molar-refractivity contribution in [2.24, 2.45) is 0 Å². The molecule has 0 aromatic heterocycles. The van der Waals surface area contributed by atoms with E-state index < -0.39 is 6.61 Å². The van der Waals surface area contributed by atoms with Crippen LogP contribution >= 0.6 is 23.5 Å². The first kappa shape index (κ1) is 17.1. The summed E-state index contributed by atoms with van der Waals surface area (Å²) in [4.78, 5) is 12.3. The lowest BCUT2D eigenvalue weighted by atomic mass is 10.1. The molecule has 2 aromatic rings. The highest BCUT2D eigenvalue weighted by atomic mass is 32.2. The molecule has 1 heterocycles. The Hall–Kier alpha value is -1.73. The standard InChI is InChI=1S/C17H15F2NO2S2/c18-17(19)22-14-4-2-1-3-13(14)20-15(21)11-5-7-12(8-6-11)16-23-9-10-24-16/h1-8,16-17H,9-10H2,(H,20,21). The zero-order valence-electron chi connectivity index (χ0n) is 12.6. The SMILES string of the molecule is O=C(Nc1ccccc1OC(F)F)c1ccc(C2SCCS2)cc1. The van der Waals surface area contributed by atoms with Gasteiger partial charge in [0, 0.05) is 17.1 Å². The highest BCUT2D eigenvalue weighted by Crippen LogP contribution is 2.45. The Morgan fingerprint density at radius 3 is 2.42 bits per heavy atom. The normalized spacial score (nSPS) is 14.8. The Kier molecular flexibility index (Phi) is 5.63. The highest BCUT2D eigenvalue weighted by Gasteiger charge is 2.19. The third-order valence-electron chi connectivity index (χ3n) is 3.42. The van der Waals surface area contributed by atoms with Gasteiger partial charge in [-0.1, -0.05) is 24.3 Å². The molecule has 0 saturated carbocycles. The van der Waals surface area contributed by atoms with Gasteiger partial charge in [-0.25, -0.2) is 0 Å². The van der Waals surface area contributed by atoms with Gasteiger partial charge in [-0.05, 0) is 29.8 Å². The van der Waals surface area contributed by atoms with Gasteiger partial charge < -0.3 is 10.1 Å². The average molecular weight is 367 g/mol. The summed E-state index contributed by atoms with van der Waals surface area (Å²) in [5.41, 5.74) is 1.87. The van der Waals surface area contributed by atoms with Crippen LogP contribution in [0.4, 0.5) is 14.5 Å². The van der Waals surface area contributed by atoms with Crippen LogP contribution in [0.2, 0.25) is 0 Å². The molecular weight excluding hydrogens is 352 g/mol. The van der Waals surface area contributed by atoms with Crippen LogP contribution in [0.25, 0.3) is 0 Å². The molecule has 0 spiro atoms. The molecule has 1 amide bonds. The van der Waals surface area contributed by atoms with Gasteiger partial charge in [-0.15, -0.1) is 23.5 Å². The fraction of sp³-hybridized carbons (Fsp3) is 0.235. The Labute approximate surface area is 147 Å². The zero-order chi connectivity index (χ0) is 16.9. The highest BCUT2D eigenvalue weighted by molar-refractivity contribution is 8.19. The van der Waals surface area contributed by atoms with E-state index in [4.69, 9.17) is 0 Å². The summed E-state index contributed by atoms with van der Waals surface area (Å²) >= 11 is 3.79. The first-order valence-corrected chi connectivity index (χ1v) is 9.41. The number of halogens is 2. The van der Waals surface area contributed by atoms with Crippen LogP contribution in [0.5, 0.6) is 5.75 Å². The predicted molar refractivity (Wildman–Crippen MR) is 95.1 cm³/mol. The average Bonchev–Trinajstić information content (AvgIpc) is 3.11. The molecule has 7 heteroatoms. The maximum Gasteiger partial charge on any atom is 0.387 e. The monoisotopic (exact) mass is 367 g/mol. The lowest BCUT2D eigenvalue weighted by Gasteiger charge is -2.12. The molecule has 24 heavy (non-hydrogen) atoms. The molecule has 1 aliphatic heterocycles. The van der Waals surface area contributed by atoms with Crippen molar-refractivity contribution in [3.63, 3.8) is 0 Å². The first-order valence-electron chi connectivity index (χ1n) is 7.32. The van der Waals surface area contributed by atoms with Gasteiger partial charge in [0.15, 0.2) is 0 Å². The smallest absolute Gasteiger partial charge is 0.387 e. The number of carbonyl (C=O) groups is 1. The molecule has 2 aromatic carbocycles. The number of para-hydroxylation sites is 2. The number of rotatable bonds is 5. The minimum absolute atomic E-state index is 0.0591. The van der Waals surface area contributed by atoms with Crippen molar-refractivity contribution in [1.82, 2.24) is 0 Å². The molecule has 1 saturated heterocycles. The summed E-state index contributed by atoms with van der Waals surface area (Å²) in [6.07, 6.45) is 0. The fourth-order valence-corrected chi connectivity index (χ4v) is 5.17. The summed E-state index contributed by atoms with van der Waals surface area (Å²) in [6, 6.07) is 13.5. The number of nitrogens with one attached hydrogen (secondary N) is 1. The number of amides is 1. The van der Waals surface area contributed by atoms with Crippen molar-refractivity contribution >= 4 is 35.1 Å². The lowest BCUT2D eigenvalue weighted by molar-refractivity contribution is -0.0493. The second-order valence-electron chi connectivity index (χ2n) is 5.02. The second kappa shape index (κ2) is 7.90. The van der Waals surface area contributed by atoms with E-state index in [1.807, 2.05) is 35.7 Å². The third kappa shape index (κ3) is 4.21. The number of hydrogen-bond acceptors (Lipinski definition) is 4. The predicted octanol–water partition coefficient (Wildman–Crippen LogP) is 5.02. The van der Waals surface area contributed by atoms with E-state index in [-0.39, 0.29) is 17.3 Å². The fourth-order valence-electron chi connectivity index (χ4n) is 2.31. The van der Waals surface area contributed by atoms with E-state index in [0.717, 1.165) is 11.5 Å². The molecular formula is C17H15F2NO2S2. The number of benzene rings is 2. The van der Waals surface area contributed by atoms with Crippen molar-refractivity contribution in [2.45, 2.75) is 11.2 Å². The summed E-state index contributed by atoms with van der Waals surface area (Å²) in [6.45, 7) is -2.94. The van der Waals surface area contributed by atoms with E-state index in [0.29, 0.717) is 10.1 Å². The Morgan fingerprint density at radius 2 is 1.75 bits per heavy atom. The summed E-state index contributed by atoms with van der Waals surface area (Å²) < 4.78 is 29.7. The van der Waals surface area contributed by atoms with Gasteiger partial charge in [0.1, 0.15) is 5.75 Å². The van der Waals surface area contributed by atoms with E-state index in [1.54, 1.807) is 24.3 Å². The second-order valence-corrected chi connectivity index (χ2v) is 7.75. The summed E-state index contributed by atoms with van der Waals surface area (Å²) in [5.74, 6) is 1.85. The van der Waals surface area contributed by atoms with Gasteiger partial charge >= 0.3 is 6.61 Å². The van der Waals surface area contributed by atoms with Crippen LogP contribution in [0.1, 0.15) is 20.5 Å². The van der Waals surface area contributed by atoms with Crippen molar-refractivity contribution in [2.75, 3.05) is 16.8 Å². The Balaban J connectivity index is 1.71. The maximum atomic E-state index is 12.4. The Morgan fingerprint density at radius 1 is 1.08 bits per heavy atom. The largest absolute Gasteiger partial charge is 0.433 e. The molecule has 1 aliphatic rings. The number of alkyl halides is 2. The molecule has 1 fully saturated rings. The molecule has 1 N–H and O–H groups in total. The molecule has 126 valence electrons. The molecule has 0 unspecified atom stereocenters. The summed E-state index contributed by atoms with van der Waals surface area (Å²) in [7, 11) is 0. The van der Waals surface area contributed by atoms with Crippen molar-refractivity contribution in [3.05, 3.63) is 59.7 Å². The minimum atomic E-state index is -2.94. The van der Waals surface area contributed by atoms with E-state index in [1.165, 1.54) is 17.7 Å². The minimum Gasteiger partial charge on any atom is -0.433 e. The Bertz CT molecular complexity index is 704. The number of hydrogen-bond donors (Lipinski definition) is 1. The summed E-state index contributed by atoms with van der Waals surface area (Å²) in [5, 5.41) is 2.61. The van der Waals surface area contributed by atoms with Crippen LogP contribution in [-0.4, -0.2) is 24.0 Å². The van der Waals surface area contributed by atoms with E-state index >= 15 is 0 Å². The van der Waals surface area contributed by atoms with Crippen LogP contribution < -0.4 is 10.1 Å². The number of ether oxygens (including phenoxy) is 1. The van der Waals surface area contributed by atoms with Crippen molar-refractivity contribution in [1.29, 1.82) is 0 Å². The molecule has 0 bridgehead atoms. The van der Waals surface area contributed by atoms with Crippen LogP contribution in [0.15, 0.2) is 48.5 Å². The van der Waals surface area contributed by atoms with Crippen molar-refractivity contribution in [3.8, 4) is 5.75 Å². The van der Waals surface area contributed by atoms with Crippen molar-refractivity contribution < 1.29 is 18.3 Å². The topological polar surface area (TPSA) is 38.3 Å². The molecule has 0 radical (unpaired) electrons. The van der Waals surface area contributed by atoms with Crippen LogP contribution in [0.3, 0.4) is 0 Å². The van der Waals surface area contributed by atoms with Gasteiger partial charge in [0.05, 0.1) is 10.3 Å². The van der Waals surface area contributed by atoms with Crippen LogP contribution in [-0.2, 0) is 0 Å². The van der Waals surface area contributed by atoms with Gasteiger partial charge in [-0.3, -0.25) is 4.79 Å². The molecule has 0 aliphatic carbocycles. The molecule has 3 rings (SSSR count). The van der Waals surface area contributed by atoms with Crippen LogP contribution in [0, 0.1) is 0 Å². The number of thioether (sulfide) groups is 2. The molecule has 3 nitrogen and oxygen atoms in total.